The standard InChI is InChI=1S/C20H19N3O2/c1-14-9-10-16(19(24)21-14)20(25)23-13-12-22-11-5-8-17(22)18(23)15-6-3-2-4-7-15/h2-11,18H,12-13H2,1H3,(H,21,24)/t18-/m1/s1. The third kappa shape index (κ3) is 2.67. The molecule has 0 bridgehead atoms. The lowest BCUT2D eigenvalue weighted by atomic mass is 9.99. The average molecular weight is 333 g/mol. The normalized spacial score (nSPS) is 16.5. The minimum absolute atomic E-state index is 0.187. The van der Waals surface area contributed by atoms with E-state index in [1.54, 1.807) is 24.0 Å². The van der Waals surface area contributed by atoms with Crippen LogP contribution in [0.1, 0.15) is 33.4 Å². The van der Waals surface area contributed by atoms with Crippen molar-refractivity contribution in [3.63, 3.8) is 0 Å². The Kier molecular flexibility index (Phi) is 3.76. The summed E-state index contributed by atoms with van der Waals surface area (Å²) in [5.41, 5.74) is 2.70. The molecule has 0 spiro atoms. The Bertz CT molecular complexity index is 972. The summed E-state index contributed by atoms with van der Waals surface area (Å²) >= 11 is 0. The molecule has 5 heteroatoms. The molecule has 1 aliphatic rings. The summed E-state index contributed by atoms with van der Waals surface area (Å²) in [6.45, 7) is 3.09. The quantitative estimate of drug-likeness (QED) is 0.784. The number of carbonyl (C=O) groups is 1. The maximum Gasteiger partial charge on any atom is 0.260 e. The fourth-order valence-electron chi connectivity index (χ4n) is 3.48. The third-order valence-electron chi connectivity index (χ3n) is 4.70. The first-order valence-electron chi connectivity index (χ1n) is 8.36. The van der Waals surface area contributed by atoms with Crippen LogP contribution in [0.5, 0.6) is 0 Å². The van der Waals surface area contributed by atoms with Crippen LogP contribution in [0.3, 0.4) is 0 Å². The zero-order valence-corrected chi connectivity index (χ0v) is 14.0. The molecule has 1 aliphatic heterocycles. The molecule has 3 heterocycles. The molecule has 126 valence electrons. The van der Waals surface area contributed by atoms with E-state index in [9.17, 15) is 9.59 Å². The molecule has 0 saturated heterocycles. The SMILES string of the molecule is Cc1ccc(C(=O)N2CCn3cccc3[C@H]2c2ccccc2)c(=O)[nH]1. The van der Waals surface area contributed by atoms with Crippen LogP contribution in [0, 0.1) is 6.92 Å². The zero-order chi connectivity index (χ0) is 17.4. The zero-order valence-electron chi connectivity index (χ0n) is 14.0. The van der Waals surface area contributed by atoms with Crippen LogP contribution in [-0.4, -0.2) is 26.9 Å². The van der Waals surface area contributed by atoms with E-state index in [1.807, 2.05) is 48.7 Å². The number of nitrogens with one attached hydrogen (secondary N) is 1. The van der Waals surface area contributed by atoms with E-state index >= 15 is 0 Å². The van der Waals surface area contributed by atoms with Crippen molar-refractivity contribution in [2.75, 3.05) is 6.54 Å². The van der Waals surface area contributed by atoms with E-state index in [2.05, 4.69) is 9.55 Å². The van der Waals surface area contributed by atoms with Crippen LogP contribution >= 0.6 is 0 Å². The van der Waals surface area contributed by atoms with Gasteiger partial charge in [-0.05, 0) is 36.8 Å². The van der Waals surface area contributed by atoms with Gasteiger partial charge in [0.2, 0.25) is 0 Å². The van der Waals surface area contributed by atoms with Gasteiger partial charge in [-0.25, -0.2) is 0 Å². The van der Waals surface area contributed by atoms with E-state index in [-0.39, 0.29) is 23.1 Å². The lowest BCUT2D eigenvalue weighted by Crippen LogP contribution is -2.44. The number of hydrogen-bond donors (Lipinski definition) is 1. The van der Waals surface area contributed by atoms with Crippen molar-refractivity contribution in [3.8, 4) is 0 Å². The van der Waals surface area contributed by atoms with E-state index in [0.29, 0.717) is 6.54 Å². The number of pyridine rings is 1. The van der Waals surface area contributed by atoms with Crippen LogP contribution in [-0.2, 0) is 6.54 Å². The molecular weight excluding hydrogens is 314 g/mol. The molecule has 1 N–H and O–H groups in total. The molecule has 0 aliphatic carbocycles. The van der Waals surface area contributed by atoms with Gasteiger partial charge in [0, 0.05) is 30.7 Å². The molecule has 1 amide bonds. The number of aromatic amines is 1. The fourth-order valence-corrected chi connectivity index (χ4v) is 3.48. The lowest BCUT2D eigenvalue weighted by molar-refractivity contribution is 0.0662. The molecule has 3 aromatic rings. The highest BCUT2D eigenvalue weighted by Crippen LogP contribution is 2.33. The van der Waals surface area contributed by atoms with Gasteiger partial charge in [0.05, 0.1) is 6.04 Å². The molecule has 1 atom stereocenters. The van der Waals surface area contributed by atoms with Crippen LogP contribution in [0.4, 0.5) is 0 Å². The van der Waals surface area contributed by atoms with Crippen molar-refractivity contribution in [1.82, 2.24) is 14.5 Å². The van der Waals surface area contributed by atoms with Crippen molar-refractivity contribution < 1.29 is 4.79 Å². The van der Waals surface area contributed by atoms with Gasteiger partial charge in [-0.1, -0.05) is 30.3 Å². The molecule has 2 aromatic heterocycles. The van der Waals surface area contributed by atoms with Crippen molar-refractivity contribution >= 4 is 5.91 Å². The first-order valence-corrected chi connectivity index (χ1v) is 8.36. The van der Waals surface area contributed by atoms with Crippen LogP contribution < -0.4 is 5.56 Å². The van der Waals surface area contributed by atoms with E-state index in [4.69, 9.17) is 0 Å². The number of benzene rings is 1. The number of carbonyl (C=O) groups excluding carboxylic acids is 1. The van der Waals surface area contributed by atoms with Crippen LogP contribution in [0.15, 0.2) is 65.6 Å². The van der Waals surface area contributed by atoms with Gasteiger partial charge in [-0.15, -0.1) is 0 Å². The largest absolute Gasteiger partial charge is 0.348 e. The van der Waals surface area contributed by atoms with Gasteiger partial charge >= 0.3 is 0 Å². The van der Waals surface area contributed by atoms with Crippen molar-refractivity contribution in [2.45, 2.75) is 19.5 Å². The van der Waals surface area contributed by atoms with Gasteiger partial charge in [0.1, 0.15) is 5.56 Å². The average Bonchev–Trinajstić information content (AvgIpc) is 3.10. The summed E-state index contributed by atoms with van der Waals surface area (Å²) < 4.78 is 2.17. The second kappa shape index (κ2) is 6.09. The van der Waals surface area contributed by atoms with E-state index in [1.165, 1.54) is 0 Å². The summed E-state index contributed by atoms with van der Waals surface area (Å²) in [6.07, 6.45) is 2.03. The van der Waals surface area contributed by atoms with Crippen LogP contribution in [0.2, 0.25) is 0 Å². The van der Waals surface area contributed by atoms with Crippen LogP contribution in [0.25, 0.3) is 0 Å². The van der Waals surface area contributed by atoms with Crippen molar-refractivity contribution in [1.29, 1.82) is 0 Å². The maximum absolute atomic E-state index is 13.1. The van der Waals surface area contributed by atoms with Gasteiger partial charge in [-0.3, -0.25) is 9.59 Å². The summed E-state index contributed by atoms with van der Waals surface area (Å²) in [5.74, 6) is -0.234. The Morgan fingerprint density at radius 3 is 2.60 bits per heavy atom. The molecule has 25 heavy (non-hydrogen) atoms. The molecule has 4 rings (SSSR count). The molecule has 1 aromatic carbocycles. The number of aryl methyl sites for hydroxylation is 1. The highest BCUT2D eigenvalue weighted by atomic mass is 16.2. The number of rotatable bonds is 2. The van der Waals surface area contributed by atoms with Gasteiger partial charge in [0.15, 0.2) is 0 Å². The monoisotopic (exact) mass is 333 g/mol. The summed E-state index contributed by atoms with van der Waals surface area (Å²) in [4.78, 5) is 29.9. The number of fused-ring (bicyclic) bond motifs is 1. The Balaban J connectivity index is 1.80. The number of amides is 1. The topological polar surface area (TPSA) is 58.1 Å². The van der Waals surface area contributed by atoms with Gasteiger partial charge < -0.3 is 14.5 Å². The minimum atomic E-state index is -0.335. The summed E-state index contributed by atoms with van der Waals surface area (Å²) in [6, 6.07) is 17.2. The third-order valence-corrected chi connectivity index (χ3v) is 4.70. The fraction of sp³-hybridized carbons (Fsp3) is 0.200. The van der Waals surface area contributed by atoms with Gasteiger partial charge in [0.25, 0.3) is 11.5 Å². The predicted octanol–water partition coefficient (Wildman–Crippen LogP) is 2.73. The molecule has 0 unspecified atom stereocenters. The number of nitrogens with zero attached hydrogens (tertiary/aromatic N) is 2. The molecule has 0 radical (unpaired) electrons. The van der Waals surface area contributed by atoms with Crippen molar-refractivity contribution in [2.24, 2.45) is 0 Å². The number of aromatic nitrogens is 2. The molecule has 0 fully saturated rings. The Morgan fingerprint density at radius 2 is 1.84 bits per heavy atom. The van der Waals surface area contributed by atoms with E-state index < -0.39 is 0 Å². The summed E-state index contributed by atoms with van der Waals surface area (Å²) in [7, 11) is 0. The second-order valence-electron chi connectivity index (χ2n) is 6.32. The molecular formula is C20H19N3O2. The Labute approximate surface area is 145 Å². The summed E-state index contributed by atoms with van der Waals surface area (Å²) in [5, 5.41) is 0. The maximum atomic E-state index is 13.1. The first-order chi connectivity index (χ1) is 12.1. The Morgan fingerprint density at radius 1 is 1.04 bits per heavy atom. The second-order valence-corrected chi connectivity index (χ2v) is 6.32. The van der Waals surface area contributed by atoms with E-state index in [0.717, 1.165) is 23.5 Å². The highest BCUT2D eigenvalue weighted by Gasteiger charge is 2.33. The minimum Gasteiger partial charge on any atom is -0.348 e. The number of H-pyrrole nitrogens is 1. The molecule has 0 saturated carbocycles. The smallest absolute Gasteiger partial charge is 0.260 e. The highest BCUT2D eigenvalue weighted by molar-refractivity contribution is 5.94. The van der Waals surface area contributed by atoms with Crippen molar-refractivity contribution in [3.05, 3.63) is 93.7 Å². The Hall–Kier alpha value is -3.08. The predicted molar refractivity (Wildman–Crippen MR) is 95.6 cm³/mol. The lowest BCUT2D eigenvalue weighted by Gasteiger charge is -2.37. The van der Waals surface area contributed by atoms with Gasteiger partial charge in [-0.2, -0.15) is 0 Å². The number of hydrogen-bond acceptors (Lipinski definition) is 2. The molecule has 5 nitrogen and oxygen atoms in total. The first kappa shape index (κ1) is 15.4.